The molecule has 4 aliphatic carbocycles. The fraction of sp³-hybridized carbons (Fsp3) is 0.108. The predicted octanol–water partition coefficient (Wildman–Crippen LogP) is 15.8. The highest BCUT2D eigenvalue weighted by Crippen LogP contribution is 2.64. The quantitative estimate of drug-likeness (QED) is 0.133. The number of hydrogen-bond acceptors (Lipinski definition) is 3. The van der Waals surface area contributed by atoms with Crippen LogP contribution in [0.4, 0.5) is 17.1 Å². The van der Waals surface area contributed by atoms with Gasteiger partial charge >= 0.3 is 5.97 Å². The topological polar surface area (TPSA) is 64.3 Å². The zero-order chi connectivity index (χ0) is 47.0. The van der Waals surface area contributed by atoms with Crippen LogP contribution in [0.25, 0.3) is 61.7 Å². The van der Waals surface area contributed by atoms with Crippen LogP contribution in [0.3, 0.4) is 0 Å². The van der Waals surface area contributed by atoms with Gasteiger partial charge in [-0.3, -0.25) is 0 Å². The van der Waals surface area contributed by atoms with E-state index >= 15 is 0 Å². The normalized spacial score (nSPS) is 15.2. The maximum Gasteiger partial charge on any atom is 0.346 e. The number of fused-ring (bicyclic) bond motifs is 16. The molecule has 9 aromatic rings. The third-order valence-corrected chi connectivity index (χ3v) is 15.9. The lowest BCUT2D eigenvalue weighted by Crippen LogP contribution is -2.26. The van der Waals surface area contributed by atoms with Crippen LogP contribution in [0.1, 0.15) is 77.8 Å². The van der Waals surface area contributed by atoms with E-state index in [0.29, 0.717) is 5.56 Å². The van der Waals surface area contributed by atoms with Crippen molar-refractivity contribution in [3.05, 3.63) is 250 Å². The Morgan fingerprint density at radius 3 is 1.26 bits per heavy atom. The van der Waals surface area contributed by atoms with Crippen molar-refractivity contribution in [3.8, 4) is 61.7 Å². The summed E-state index contributed by atoms with van der Waals surface area (Å²) in [6.07, 6.45) is 1.42. The molecule has 0 bridgehead atoms. The zero-order valence-corrected chi connectivity index (χ0v) is 38.8. The van der Waals surface area contributed by atoms with Crippen molar-refractivity contribution in [1.29, 1.82) is 5.26 Å². The molecule has 9 aromatic carbocycles. The molecular formula is C65H46N2O2. The van der Waals surface area contributed by atoms with Crippen LogP contribution in [0.5, 0.6) is 0 Å². The number of nitrogens with zero attached hydrogens (tertiary/aromatic N) is 2. The molecule has 0 amide bonds. The van der Waals surface area contributed by atoms with Crippen LogP contribution in [0.2, 0.25) is 0 Å². The lowest BCUT2D eigenvalue weighted by Gasteiger charge is -2.33. The molecule has 0 radical (unpaired) electrons. The van der Waals surface area contributed by atoms with Crippen molar-refractivity contribution >= 4 is 29.1 Å². The number of rotatable bonds is 6. The second kappa shape index (κ2) is 14.5. The minimum absolute atomic E-state index is 0.178. The van der Waals surface area contributed by atoms with Crippen LogP contribution in [0.15, 0.2) is 200 Å². The van der Waals surface area contributed by atoms with E-state index in [-0.39, 0.29) is 16.4 Å². The lowest BCUT2D eigenvalue weighted by molar-refractivity contribution is -0.132. The van der Waals surface area contributed by atoms with Crippen LogP contribution in [-0.2, 0) is 21.0 Å². The lowest BCUT2D eigenvalue weighted by atomic mass is 9.70. The highest BCUT2D eigenvalue weighted by atomic mass is 16.4. The summed E-state index contributed by atoms with van der Waals surface area (Å²) >= 11 is 0. The van der Waals surface area contributed by atoms with Gasteiger partial charge in [0.1, 0.15) is 11.6 Å². The molecule has 69 heavy (non-hydrogen) atoms. The standard InChI is InChI=1S/C65H46N2O2/c1-63(2)54-17-9-5-13-46(54)50-30-26-43(35-58(50)63)67(44-27-31-51-47-14-6-10-18-55(47)64(3,4)59(51)36-44)45-28-32-53-52-29-25-41(40-23-21-39(22-24-40)33-42(38-66)62(68)69)34-60(52)65(61(53)37-45)56-19-11-7-15-48(56)49-16-8-12-20-57(49)65/h5-37H,1-4H3,(H,68,69)/b42-33-. The number of hydrogen-bond donors (Lipinski definition) is 1. The number of carboxylic acids is 1. The Labute approximate surface area is 402 Å². The predicted molar refractivity (Wildman–Crippen MR) is 279 cm³/mol. The molecule has 0 aromatic heterocycles. The van der Waals surface area contributed by atoms with E-state index < -0.39 is 11.4 Å². The van der Waals surface area contributed by atoms with Gasteiger partial charge in [0.05, 0.1) is 5.41 Å². The zero-order valence-electron chi connectivity index (χ0n) is 38.8. The van der Waals surface area contributed by atoms with Gasteiger partial charge < -0.3 is 10.0 Å². The number of anilines is 3. The minimum atomic E-state index is -1.24. The second-order valence-electron chi connectivity index (χ2n) is 20.1. The van der Waals surface area contributed by atoms with Gasteiger partial charge in [-0.1, -0.05) is 179 Å². The molecule has 4 nitrogen and oxygen atoms in total. The SMILES string of the molecule is CC1(C)c2ccccc2-c2ccc(N(c3ccc4c(c3)C(C)(C)c3ccccc3-4)c3ccc4c(c3)C3(c5ccccc5-c5ccccc53)c3cc(-c5ccc(/C=C(/C#N)C(=O)O)cc5)ccc3-4)cc21. The largest absolute Gasteiger partial charge is 0.477 e. The number of carbonyl (C=O) groups is 1. The van der Waals surface area contributed by atoms with Gasteiger partial charge in [0.15, 0.2) is 0 Å². The summed E-state index contributed by atoms with van der Waals surface area (Å²) in [5.41, 5.74) is 25.2. The molecule has 4 aliphatic rings. The van der Waals surface area contributed by atoms with E-state index in [9.17, 15) is 15.2 Å². The summed E-state index contributed by atoms with van der Waals surface area (Å²) < 4.78 is 0. The molecule has 13 rings (SSSR count). The Morgan fingerprint density at radius 2 is 0.797 bits per heavy atom. The molecule has 1 N–H and O–H groups in total. The molecule has 0 atom stereocenters. The van der Waals surface area contributed by atoms with E-state index in [1.807, 2.05) is 24.3 Å². The average molecular weight is 887 g/mol. The summed E-state index contributed by atoms with van der Waals surface area (Å²) in [5, 5.41) is 18.9. The highest BCUT2D eigenvalue weighted by molar-refractivity contribution is 5.99. The first-order valence-electron chi connectivity index (χ1n) is 23.7. The van der Waals surface area contributed by atoms with Gasteiger partial charge in [0.25, 0.3) is 0 Å². The summed E-state index contributed by atoms with van der Waals surface area (Å²) in [4.78, 5) is 14.1. The molecule has 0 saturated carbocycles. The molecule has 1 spiro atoms. The molecule has 4 heteroatoms. The molecule has 0 unspecified atom stereocenters. The second-order valence-corrected chi connectivity index (χ2v) is 20.1. The Bertz CT molecular complexity index is 3630. The summed E-state index contributed by atoms with van der Waals surface area (Å²) in [6.45, 7) is 9.43. The van der Waals surface area contributed by atoms with Crippen molar-refractivity contribution in [2.75, 3.05) is 4.90 Å². The number of aliphatic carboxylic acids is 1. The first-order chi connectivity index (χ1) is 33.5. The average Bonchev–Trinajstić information content (AvgIpc) is 4.00. The van der Waals surface area contributed by atoms with Crippen LogP contribution < -0.4 is 4.90 Å². The smallest absolute Gasteiger partial charge is 0.346 e. The highest BCUT2D eigenvalue weighted by Gasteiger charge is 2.52. The summed E-state index contributed by atoms with van der Waals surface area (Å²) in [7, 11) is 0. The summed E-state index contributed by atoms with van der Waals surface area (Å²) in [6, 6.07) is 73.4. The number of carboxylic acid groups (broad SMARTS) is 1. The van der Waals surface area contributed by atoms with E-state index in [1.165, 1.54) is 95.1 Å². The molecular weight excluding hydrogens is 841 g/mol. The fourth-order valence-corrected chi connectivity index (χ4v) is 12.6. The summed E-state index contributed by atoms with van der Waals surface area (Å²) in [5.74, 6) is -1.24. The molecule has 0 fully saturated rings. The first-order valence-corrected chi connectivity index (χ1v) is 23.7. The maximum absolute atomic E-state index is 11.6. The molecule has 0 aliphatic heterocycles. The van der Waals surface area contributed by atoms with Crippen molar-refractivity contribution < 1.29 is 9.90 Å². The van der Waals surface area contributed by atoms with Gasteiger partial charge in [-0.15, -0.1) is 0 Å². The monoisotopic (exact) mass is 886 g/mol. The van der Waals surface area contributed by atoms with Gasteiger partial charge in [-0.25, -0.2) is 4.79 Å². The van der Waals surface area contributed by atoms with Gasteiger partial charge in [0, 0.05) is 27.9 Å². The third-order valence-electron chi connectivity index (χ3n) is 15.9. The van der Waals surface area contributed by atoms with Crippen molar-refractivity contribution in [3.63, 3.8) is 0 Å². The Morgan fingerprint density at radius 1 is 0.435 bits per heavy atom. The van der Waals surface area contributed by atoms with Crippen molar-refractivity contribution in [2.45, 2.75) is 43.9 Å². The number of benzene rings is 9. The van der Waals surface area contributed by atoms with Crippen LogP contribution >= 0.6 is 0 Å². The van der Waals surface area contributed by atoms with Gasteiger partial charge in [-0.05, 0) is 154 Å². The first kappa shape index (κ1) is 40.7. The molecule has 328 valence electrons. The maximum atomic E-state index is 11.6. The Balaban J connectivity index is 1.03. The van der Waals surface area contributed by atoms with Gasteiger partial charge in [0.2, 0.25) is 0 Å². The fourth-order valence-electron chi connectivity index (χ4n) is 12.6. The van der Waals surface area contributed by atoms with E-state index in [1.54, 1.807) is 6.07 Å². The van der Waals surface area contributed by atoms with Crippen molar-refractivity contribution in [2.24, 2.45) is 0 Å². The third kappa shape index (κ3) is 5.59. The van der Waals surface area contributed by atoms with E-state index in [2.05, 4.69) is 202 Å². The van der Waals surface area contributed by atoms with Crippen LogP contribution in [-0.4, -0.2) is 11.1 Å². The Kier molecular flexibility index (Phi) is 8.55. The number of nitriles is 1. The molecule has 0 saturated heterocycles. The molecule has 0 heterocycles. The van der Waals surface area contributed by atoms with Gasteiger partial charge in [-0.2, -0.15) is 5.26 Å². The van der Waals surface area contributed by atoms with Crippen LogP contribution in [0, 0.1) is 11.3 Å². The minimum Gasteiger partial charge on any atom is -0.477 e. The van der Waals surface area contributed by atoms with Crippen molar-refractivity contribution in [1.82, 2.24) is 0 Å². The Hall–Kier alpha value is -8.52. The van der Waals surface area contributed by atoms with E-state index in [4.69, 9.17) is 0 Å². The van der Waals surface area contributed by atoms with E-state index in [0.717, 1.165) is 28.2 Å².